The number of hydrogen-bond acceptors (Lipinski definition) is 5. The zero-order valence-electron chi connectivity index (χ0n) is 15.8. The molecule has 5 nitrogen and oxygen atoms in total. The van der Waals surface area contributed by atoms with Gasteiger partial charge in [-0.25, -0.2) is 9.37 Å². The minimum atomic E-state index is -0.411. The summed E-state index contributed by atoms with van der Waals surface area (Å²) in [5.74, 6) is -0.252. The molecule has 0 fully saturated rings. The van der Waals surface area contributed by atoms with E-state index in [1.165, 1.54) is 34.7 Å². The van der Waals surface area contributed by atoms with E-state index in [-0.39, 0.29) is 12.4 Å². The third-order valence-corrected chi connectivity index (χ3v) is 5.86. The number of hydrazone groups is 1. The van der Waals surface area contributed by atoms with Crippen LogP contribution in [0.4, 0.5) is 9.52 Å². The van der Waals surface area contributed by atoms with Gasteiger partial charge >= 0.3 is 0 Å². The van der Waals surface area contributed by atoms with Crippen molar-refractivity contribution >= 4 is 66.3 Å². The van der Waals surface area contributed by atoms with E-state index in [0.717, 1.165) is 14.7 Å². The number of rotatable bonds is 6. The van der Waals surface area contributed by atoms with Gasteiger partial charge in [-0.2, -0.15) is 10.1 Å². The number of halogens is 3. The Morgan fingerprint density at radius 2 is 1.90 bits per heavy atom. The Morgan fingerprint density at radius 1 is 1.16 bits per heavy atom. The van der Waals surface area contributed by atoms with Crippen LogP contribution in [0, 0.1) is 5.82 Å². The molecular formula is C22H14BrClFN3O2S. The van der Waals surface area contributed by atoms with Gasteiger partial charge in [-0.15, -0.1) is 0 Å². The number of anilines is 1. The number of carbonyl (C=O) groups excluding carboxylic acids is 1. The molecule has 0 saturated heterocycles. The zero-order valence-corrected chi connectivity index (χ0v) is 19.0. The third-order valence-electron chi connectivity index (χ3n) is 4.12. The number of ether oxygens (including phenoxy) is 1. The molecular weight excluding hydrogens is 505 g/mol. The summed E-state index contributed by atoms with van der Waals surface area (Å²) in [5.41, 5.74) is 1.39. The van der Waals surface area contributed by atoms with Crippen molar-refractivity contribution in [3.05, 3.63) is 87.6 Å². The lowest BCUT2D eigenvalue weighted by molar-refractivity contribution is -0.120. The van der Waals surface area contributed by atoms with Crippen molar-refractivity contribution in [1.29, 1.82) is 0 Å². The molecule has 0 N–H and O–H groups in total. The Balaban J connectivity index is 1.61. The van der Waals surface area contributed by atoms with Gasteiger partial charge in [-0.05, 0) is 60.2 Å². The van der Waals surface area contributed by atoms with Crippen molar-refractivity contribution in [3.63, 3.8) is 0 Å². The summed E-state index contributed by atoms with van der Waals surface area (Å²) in [7, 11) is 0. The fourth-order valence-electron chi connectivity index (χ4n) is 2.61. The zero-order chi connectivity index (χ0) is 21.8. The van der Waals surface area contributed by atoms with E-state index in [1.54, 1.807) is 36.4 Å². The average molecular weight is 519 g/mol. The van der Waals surface area contributed by atoms with Crippen LogP contribution in [0.25, 0.3) is 10.2 Å². The summed E-state index contributed by atoms with van der Waals surface area (Å²) >= 11 is 10.6. The van der Waals surface area contributed by atoms with Crippen molar-refractivity contribution in [1.82, 2.24) is 4.98 Å². The van der Waals surface area contributed by atoms with Crippen molar-refractivity contribution < 1.29 is 13.9 Å². The second-order valence-corrected chi connectivity index (χ2v) is 8.71. The second-order valence-electron chi connectivity index (χ2n) is 6.35. The Kier molecular flexibility index (Phi) is 6.60. The maximum absolute atomic E-state index is 13.2. The number of thiazole rings is 1. The normalized spacial score (nSPS) is 11.2. The molecule has 0 unspecified atom stereocenters. The van der Waals surface area contributed by atoms with E-state index in [2.05, 4.69) is 26.0 Å². The smallest absolute Gasteiger partial charge is 0.287 e. The molecule has 4 aromatic rings. The highest BCUT2D eigenvalue weighted by Crippen LogP contribution is 2.31. The average Bonchev–Trinajstić information content (AvgIpc) is 3.17. The molecule has 0 radical (unpaired) electrons. The number of aromatic nitrogens is 1. The van der Waals surface area contributed by atoms with Gasteiger partial charge in [0.2, 0.25) is 5.13 Å². The van der Waals surface area contributed by atoms with E-state index in [0.29, 0.717) is 21.5 Å². The number of hydrogen-bond donors (Lipinski definition) is 0. The minimum absolute atomic E-state index is 0.248. The molecule has 0 aliphatic rings. The Hall–Kier alpha value is -2.81. The monoisotopic (exact) mass is 517 g/mol. The van der Waals surface area contributed by atoms with E-state index in [4.69, 9.17) is 16.3 Å². The predicted octanol–water partition coefficient (Wildman–Crippen LogP) is 6.30. The number of nitrogens with zero attached hydrogens (tertiary/aromatic N) is 3. The number of carbonyl (C=O) groups is 1. The first-order valence-electron chi connectivity index (χ1n) is 9.05. The van der Waals surface area contributed by atoms with E-state index < -0.39 is 5.91 Å². The first kappa shape index (κ1) is 21.4. The molecule has 0 atom stereocenters. The maximum atomic E-state index is 13.2. The van der Waals surface area contributed by atoms with Gasteiger partial charge in [-0.1, -0.05) is 51.0 Å². The van der Waals surface area contributed by atoms with Crippen LogP contribution < -0.4 is 9.75 Å². The molecule has 9 heteroatoms. The SMILES string of the molecule is O=C(COc1ccc(Cl)cc1)N(/N=C/c1ccc(F)cc1)c1nc2ccc(Br)cc2s1. The summed E-state index contributed by atoms with van der Waals surface area (Å²) in [6.45, 7) is -0.248. The van der Waals surface area contributed by atoms with Crippen LogP contribution in [0.5, 0.6) is 5.75 Å². The standard InChI is InChI=1S/C22H14BrClFN3O2S/c23-15-3-10-19-20(11-15)31-22(27-19)28(26-12-14-1-6-17(25)7-2-14)21(29)13-30-18-8-4-16(24)5-9-18/h1-12H,13H2/b26-12+. The number of fused-ring (bicyclic) bond motifs is 1. The quantitative estimate of drug-likeness (QED) is 0.222. The predicted molar refractivity (Wildman–Crippen MR) is 126 cm³/mol. The molecule has 0 aliphatic heterocycles. The van der Waals surface area contributed by atoms with Crippen LogP contribution in [0.1, 0.15) is 5.56 Å². The highest BCUT2D eigenvalue weighted by molar-refractivity contribution is 9.10. The topological polar surface area (TPSA) is 54.8 Å². The van der Waals surface area contributed by atoms with Crippen molar-refractivity contribution in [2.75, 3.05) is 11.6 Å². The second kappa shape index (κ2) is 9.55. The summed E-state index contributed by atoms with van der Waals surface area (Å²) in [6, 6.07) is 18.2. The van der Waals surface area contributed by atoms with Crippen LogP contribution in [0.3, 0.4) is 0 Å². The molecule has 31 heavy (non-hydrogen) atoms. The van der Waals surface area contributed by atoms with Gasteiger partial charge in [0.15, 0.2) is 6.61 Å². The van der Waals surface area contributed by atoms with E-state index in [1.807, 2.05) is 18.2 Å². The highest BCUT2D eigenvalue weighted by atomic mass is 79.9. The summed E-state index contributed by atoms with van der Waals surface area (Å²) in [5, 5.41) is 6.47. The Morgan fingerprint density at radius 3 is 2.65 bits per heavy atom. The molecule has 156 valence electrons. The van der Waals surface area contributed by atoms with Gasteiger partial charge in [0.05, 0.1) is 16.4 Å². The molecule has 0 spiro atoms. The van der Waals surface area contributed by atoms with Crippen molar-refractivity contribution in [3.8, 4) is 5.75 Å². The molecule has 1 heterocycles. The molecule has 1 aromatic heterocycles. The Labute approximate surface area is 194 Å². The van der Waals surface area contributed by atoms with Crippen LogP contribution in [-0.2, 0) is 4.79 Å². The lowest BCUT2D eigenvalue weighted by Crippen LogP contribution is -2.30. The highest BCUT2D eigenvalue weighted by Gasteiger charge is 2.20. The van der Waals surface area contributed by atoms with Gasteiger partial charge in [0.25, 0.3) is 5.91 Å². The minimum Gasteiger partial charge on any atom is -0.484 e. The van der Waals surface area contributed by atoms with Crippen LogP contribution in [0.2, 0.25) is 5.02 Å². The lowest BCUT2D eigenvalue weighted by atomic mass is 10.2. The molecule has 0 aliphatic carbocycles. The number of amides is 1. The van der Waals surface area contributed by atoms with Crippen LogP contribution in [0.15, 0.2) is 76.3 Å². The first-order chi connectivity index (χ1) is 15.0. The van der Waals surface area contributed by atoms with E-state index >= 15 is 0 Å². The lowest BCUT2D eigenvalue weighted by Gasteiger charge is -2.14. The first-order valence-corrected chi connectivity index (χ1v) is 11.0. The van der Waals surface area contributed by atoms with E-state index in [9.17, 15) is 9.18 Å². The molecule has 0 saturated carbocycles. The molecule has 1 amide bonds. The molecule has 0 bridgehead atoms. The summed E-state index contributed by atoms with van der Waals surface area (Å²) < 4.78 is 20.6. The maximum Gasteiger partial charge on any atom is 0.287 e. The van der Waals surface area contributed by atoms with Crippen molar-refractivity contribution in [2.45, 2.75) is 0 Å². The van der Waals surface area contributed by atoms with Gasteiger partial charge in [0.1, 0.15) is 11.6 Å². The molecule has 3 aromatic carbocycles. The Bertz CT molecular complexity index is 1250. The number of benzene rings is 3. The van der Waals surface area contributed by atoms with Gasteiger partial charge in [-0.3, -0.25) is 4.79 Å². The van der Waals surface area contributed by atoms with Gasteiger partial charge < -0.3 is 4.74 Å². The fourth-order valence-corrected chi connectivity index (χ4v) is 4.23. The summed E-state index contributed by atoms with van der Waals surface area (Å²) in [4.78, 5) is 17.5. The third kappa shape index (κ3) is 5.46. The molecule has 4 rings (SSSR count). The largest absolute Gasteiger partial charge is 0.484 e. The van der Waals surface area contributed by atoms with Crippen molar-refractivity contribution in [2.24, 2.45) is 5.10 Å². The van der Waals surface area contributed by atoms with Gasteiger partial charge in [0, 0.05) is 9.50 Å². The summed E-state index contributed by atoms with van der Waals surface area (Å²) in [6.07, 6.45) is 1.47. The van der Waals surface area contributed by atoms with Crippen LogP contribution >= 0.6 is 38.9 Å². The van der Waals surface area contributed by atoms with Crippen LogP contribution in [-0.4, -0.2) is 23.7 Å². The fraction of sp³-hybridized carbons (Fsp3) is 0.0455.